The van der Waals surface area contributed by atoms with E-state index in [1.165, 1.54) is 50.4 Å². The summed E-state index contributed by atoms with van der Waals surface area (Å²) >= 11 is 1.79. The molecule has 88 valence electrons. The molecule has 4 heteroatoms. The van der Waals surface area contributed by atoms with Crippen LogP contribution in [-0.2, 0) is 0 Å². The van der Waals surface area contributed by atoms with Crippen LogP contribution in [0.5, 0.6) is 0 Å². The van der Waals surface area contributed by atoms with Crippen LogP contribution in [0, 0.1) is 5.92 Å². The average Bonchev–Trinajstić information content (AvgIpc) is 3.01. The molecule has 0 spiro atoms. The summed E-state index contributed by atoms with van der Waals surface area (Å²) in [4.78, 5) is 7.03. The molecule has 0 radical (unpaired) electrons. The Bertz CT molecular complexity index is 319. The van der Waals surface area contributed by atoms with Crippen molar-refractivity contribution in [3.05, 3.63) is 11.6 Å². The first-order chi connectivity index (χ1) is 7.95. The fourth-order valence-electron chi connectivity index (χ4n) is 3.11. The van der Waals surface area contributed by atoms with E-state index in [0.29, 0.717) is 0 Å². The maximum absolute atomic E-state index is 4.47. The van der Waals surface area contributed by atoms with Crippen LogP contribution in [0.1, 0.15) is 25.7 Å². The number of thiazole rings is 1. The van der Waals surface area contributed by atoms with E-state index in [0.717, 1.165) is 12.0 Å². The number of piperidine rings is 1. The third-order valence-electron chi connectivity index (χ3n) is 3.89. The highest BCUT2D eigenvalue weighted by Gasteiger charge is 2.33. The molecule has 3 nitrogen and oxygen atoms in total. The molecule has 2 saturated heterocycles. The lowest BCUT2D eigenvalue weighted by Gasteiger charge is -2.34. The van der Waals surface area contributed by atoms with Gasteiger partial charge in [0.15, 0.2) is 5.13 Å². The molecule has 0 aliphatic carbocycles. The number of anilines is 1. The molecular weight excluding hydrogens is 218 g/mol. The van der Waals surface area contributed by atoms with Gasteiger partial charge in [-0.15, -0.1) is 11.3 Å². The van der Waals surface area contributed by atoms with Crippen molar-refractivity contribution in [2.45, 2.75) is 31.7 Å². The van der Waals surface area contributed by atoms with E-state index < -0.39 is 0 Å². The van der Waals surface area contributed by atoms with Crippen molar-refractivity contribution in [3.63, 3.8) is 0 Å². The summed E-state index contributed by atoms with van der Waals surface area (Å²) in [5.41, 5.74) is 0. The Morgan fingerprint density at radius 3 is 2.94 bits per heavy atom. The minimum atomic E-state index is 0.758. The zero-order valence-electron chi connectivity index (χ0n) is 9.56. The molecule has 1 aromatic heterocycles. The smallest absolute Gasteiger partial charge is 0.185 e. The van der Waals surface area contributed by atoms with Crippen molar-refractivity contribution < 1.29 is 0 Å². The molecule has 2 fully saturated rings. The fourth-order valence-corrected chi connectivity index (χ4v) is 3.83. The second-order valence-corrected chi connectivity index (χ2v) is 5.68. The minimum Gasteiger partial charge on any atom is -0.345 e. The van der Waals surface area contributed by atoms with Gasteiger partial charge in [0.1, 0.15) is 0 Å². The number of nitrogens with zero attached hydrogens (tertiary/aromatic N) is 2. The summed E-state index contributed by atoms with van der Waals surface area (Å²) < 4.78 is 0. The van der Waals surface area contributed by atoms with E-state index in [4.69, 9.17) is 0 Å². The van der Waals surface area contributed by atoms with Gasteiger partial charge in [-0.05, 0) is 44.7 Å². The van der Waals surface area contributed by atoms with Crippen LogP contribution in [0.4, 0.5) is 5.13 Å². The standard InChI is InChI=1S/C12H19N3S/c1-2-11(10-3-5-13-6-4-10)15(8-1)12-14-7-9-16-12/h7,9-11,13H,1-6,8H2. The van der Waals surface area contributed by atoms with Gasteiger partial charge in [-0.1, -0.05) is 0 Å². The first kappa shape index (κ1) is 10.5. The van der Waals surface area contributed by atoms with E-state index >= 15 is 0 Å². The molecule has 16 heavy (non-hydrogen) atoms. The highest BCUT2D eigenvalue weighted by molar-refractivity contribution is 7.13. The number of hydrogen-bond donors (Lipinski definition) is 1. The Morgan fingerprint density at radius 2 is 2.19 bits per heavy atom. The van der Waals surface area contributed by atoms with Gasteiger partial charge in [-0.3, -0.25) is 0 Å². The Balaban J connectivity index is 1.73. The van der Waals surface area contributed by atoms with Crippen molar-refractivity contribution in [1.82, 2.24) is 10.3 Å². The third-order valence-corrected chi connectivity index (χ3v) is 4.70. The third kappa shape index (κ3) is 1.96. The zero-order chi connectivity index (χ0) is 10.8. The Morgan fingerprint density at radius 1 is 1.31 bits per heavy atom. The van der Waals surface area contributed by atoms with Crippen molar-refractivity contribution in [2.24, 2.45) is 5.92 Å². The van der Waals surface area contributed by atoms with Crippen LogP contribution in [0.3, 0.4) is 0 Å². The molecular formula is C12H19N3S. The van der Waals surface area contributed by atoms with Gasteiger partial charge in [0.25, 0.3) is 0 Å². The van der Waals surface area contributed by atoms with E-state index in [1.54, 1.807) is 11.3 Å². The Kier molecular flexibility index (Phi) is 3.11. The molecule has 0 aromatic carbocycles. The molecule has 0 saturated carbocycles. The van der Waals surface area contributed by atoms with Crippen LogP contribution in [0.25, 0.3) is 0 Å². The van der Waals surface area contributed by atoms with Gasteiger partial charge < -0.3 is 10.2 Å². The van der Waals surface area contributed by atoms with Crippen LogP contribution in [-0.4, -0.2) is 30.7 Å². The summed E-state index contributed by atoms with van der Waals surface area (Å²) in [5, 5.41) is 6.78. The number of hydrogen-bond acceptors (Lipinski definition) is 4. The van der Waals surface area contributed by atoms with Gasteiger partial charge in [0.05, 0.1) is 0 Å². The molecule has 1 atom stereocenters. The van der Waals surface area contributed by atoms with Gasteiger partial charge >= 0.3 is 0 Å². The summed E-state index contributed by atoms with van der Waals surface area (Å²) in [6, 6.07) is 0.758. The minimum absolute atomic E-state index is 0.758. The number of nitrogens with one attached hydrogen (secondary N) is 1. The van der Waals surface area contributed by atoms with Crippen LogP contribution < -0.4 is 10.2 Å². The first-order valence-corrected chi connectivity index (χ1v) is 7.20. The summed E-state index contributed by atoms with van der Waals surface area (Å²) in [6.45, 7) is 3.61. The molecule has 0 amide bonds. The highest BCUT2D eigenvalue weighted by Crippen LogP contribution is 2.34. The lowest BCUT2D eigenvalue weighted by atomic mass is 9.89. The number of rotatable bonds is 2. The second kappa shape index (κ2) is 4.72. The predicted octanol–water partition coefficient (Wildman–Crippen LogP) is 2.11. The lowest BCUT2D eigenvalue weighted by molar-refractivity contribution is 0.318. The van der Waals surface area contributed by atoms with Crippen molar-refractivity contribution >= 4 is 16.5 Å². The molecule has 3 rings (SSSR count). The van der Waals surface area contributed by atoms with E-state index in [9.17, 15) is 0 Å². The summed E-state index contributed by atoms with van der Waals surface area (Å²) in [6.07, 6.45) is 7.31. The molecule has 2 aliphatic heterocycles. The maximum atomic E-state index is 4.47. The van der Waals surface area contributed by atoms with E-state index in [-0.39, 0.29) is 0 Å². The largest absolute Gasteiger partial charge is 0.345 e. The van der Waals surface area contributed by atoms with Gasteiger partial charge in [-0.25, -0.2) is 4.98 Å². The van der Waals surface area contributed by atoms with E-state index in [1.807, 2.05) is 6.20 Å². The SMILES string of the molecule is c1csc(N2CCCC2C2CCNCC2)n1. The van der Waals surface area contributed by atoms with Gasteiger partial charge in [0.2, 0.25) is 0 Å². The quantitative estimate of drug-likeness (QED) is 0.854. The first-order valence-electron chi connectivity index (χ1n) is 6.32. The predicted molar refractivity (Wildman–Crippen MR) is 68.1 cm³/mol. The normalized spacial score (nSPS) is 27.5. The molecule has 1 N–H and O–H groups in total. The van der Waals surface area contributed by atoms with Crippen LogP contribution in [0.15, 0.2) is 11.6 Å². The van der Waals surface area contributed by atoms with Gasteiger partial charge in [-0.2, -0.15) is 0 Å². The van der Waals surface area contributed by atoms with Crippen LogP contribution in [0.2, 0.25) is 0 Å². The number of aromatic nitrogens is 1. The molecule has 0 bridgehead atoms. The zero-order valence-corrected chi connectivity index (χ0v) is 10.4. The van der Waals surface area contributed by atoms with Crippen molar-refractivity contribution in [1.29, 1.82) is 0 Å². The van der Waals surface area contributed by atoms with E-state index in [2.05, 4.69) is 20.6 Å². The fraction of sp³-hybridized carbons (Fsp3) is 0.750. The Labute approximate surface area is 101 Å². The average molecular weight is 237 g/mol. The van der Waals surface area contributed by atoms with Gasteiger partial charge in [0, 0.05) is 24.2 Å². The van der Waals surface area contributed by atoms with Crippen molar-refractivity contribution in [3.8, 4) is 0 Å². The second-order valence-electron chi connectivity index (χ2n) is 4.81. The lowest BCUT2D eigenvalue weighted by Crippen LogP contribution is -2.41. The molecule has 1 unspecified atom stereocenters. The molecule has 1 aromatic rings. The summed E-state index contributed by atoms with van der Waals surface area (Å²) in [5.74, 6) is 0.882. The van der Waals surface area contributed by atoms with Crippen LogP contribution >= 0.6 is 11.3 Å². The highest BCUT2D eigenvalue weighted by atomic mass is 32.1. The Hall–Kier alpha value is -0.610. The maximum Gasteiger partial charge on any atom is 0.185 e. The topological polar surface area (TPSA) is 28.2 Å². The summed E-state index contributed by atoms with van der Waals surface area (Å²) in [7, 11) is 0. The molecule has 2 aliphatic rings. The molecule has 3 heterocycles. The van der Waals surface area contributed by atoms with Crippen molar-refractivity contribution in [2.75, 3.05) is 24.5 Å². The monoisotopic (exact) mass is 237 g/mol.